The third kappa shape index (κ3) is 0.890. The Hall–Kier alpha value is -0.320. The van der Waals surface area contributed by atoms with Gasteiger partial charge in [0.15, 0.2) is 0 Å². The third-order valence-electron chi connectivity index (χ3n) is 1.27. The Morgan fingerprint density at radius 3 is 3.00 bits per heavy atom. The molecule has 0 spiro atoms. The van der Waals surface area contributed by atoms with Crippen LogP contribution in [0.25, 0.3) is 10.9 Å². The minimum atomic E-state index is -0.142. The van der Waals surface area contributed by atoms with Crippen molar-refractivity contribution in [2.75, 3.05) is 0 Å². The van der Waals surface area contributed by atoms with Crippen LogP contribution in [0.3, 0.4) is 0 Å². The summed E-state index contributed by atoms with van der Waals surface area (Å²) in [5, 5.41) is 1.33. The number of hydrogen-bond donors (Lipinski definition) is 0. The van der Waals surface area contributed by atoms with Crippen molar-refractivity contribution in [1.29, 1.82) is 0 Å². The van der Waals surface area contributed by atoms with Crippen molar-refractivity contribution < 1.29 is 0 Å². The zero-order valence-electron chi connectivity index (χ0n) is 4.74. The zero-order valence-corrected chi connectivity index (χ0v) is 7.07. The molecular formula is C7H5NTe. The van der Waals surface area contributed by atoms with Gasteiger partial charge in [-0.15, -0.1) is 0 Å². The van der Waals surface area contributed by atoms with Crippen LogP contribution in [0, 0.1) is 0 Å². The number of benzene rings is 1. The van der Waals surface area contributed by atoms with E-state index in [2.05, 4.69) is 25.5 Å². The molecule has 0 aliphatic rings. The first kappa shape index (κ1) is 5.46. The van der Waals surface area contributed by atoms with E-state index in [-0.39, 0.29) is 20.7 Å². The van der Waals surface area contributed by atoms with Gasteiger partial charge >= 0.3 is 63.2 Å². The molecule has 0 saturated carbocycles. The van der Waals surface area contributed by atoms with Crippen LogP contribution in [0.5, 0.6) is 0 Å². The van der Waals surface area contributed by atoms with Gasteiger partial charge in [0.2, 0.25) is 0 Å². The maximum atomic E-state index is 4.37. The molecule has 1 aromatic carbocycles. The first-order chi connectivity index (χ1) is 4.47. The fourth-order valence-corrected chi connectivity index (χ4v) is 2.65. The summed E-state index contributed by atoms with van der Waals surface area (Å²) in [5.41, 5.74) is 1.19. The second-order valence-electron chi connectivity index (χ2n) is 1.87. The van der Waals surface area contributed by atoms with Crippen molar-refractivity contribution in [2.45, 2.75) is 0 Å². The molecule has 0 saturated heterocycles. The number of nitrogens with zero attached hydrogens (tertiary/aromatic N) is 1. The van der Waals surface area contributed by atoms with Crippen LogP contribution in [0.15, 0.2) is 28.3 Å². The third-order valence-corrected chi connectivity index (χ3v) is 3.16. The Bertz CT molecular complexity index is 283. The molecule has 0 radical (unpaired) electrons. The fraction of sp³-hybridized carbons (Fsp3) is 0. The monoisotopic (exact) mass is 233 g/mol. The Morgan fingerprint density at radius 1 is 1.22 bits per heavy atom. The van der Waals surface area contributed by atoms with E-state index in [1.807, 2.05) is 6.07 Å². The topological polar surface area (TPSA) is 12.9 Å². The number of aromatic nitrogens is 1. The molecule has 0 aliphatic carbocycles. The maximum absolute atomic E-state index is 4.37. The first-order valence-corrected chi connectivity index (χ1v) is 5.15. The standard InChI is InChI=1S/C7H5NTe/c1-2-4-7-6(3-1)5-9-8-7/h1-5H. The molecule has 1 aromatic heterocycles. The van der Waals surface area contributed by atoms with Crippen molar-refractivity contribution in [2.24, 2.45) is 0 Å². The summed E-state index contributed by atoms with van der Waals surface area (Å²) in [5.74, 6) is 0. The predicted molar refractivity (Wildman–Crippen MR) is 38.7 cm³/mol. The van der Waals surface area contributed by atoms with Gasteiger partial charge in [0, 0.05) is 0 Å². The van der Waals surface area contributed by atoms with Gasteiger partial charge in [0.25, 0.3) is 0 Å². The van der Waals surface area contributed by atoms with E-state index in [0.29, 0.717) is 0 Å². The van der Waals surface area contributed by atoms with Crippen molar-refractivity contribution in [3.8, 4) is 0 Å². The second kappa shape index (κ2) is 2.13. The van der Waals surface area contributed by atoms with Crippen LogP contribution in [-0.4, -0.2) is 23.9 Å². The van der Waals surface area contributed by atoms with Crippen LogP contribution in [0.4, 0.5) is 0 Å². The van der Waals surface area contributed by atoms with Crippen molar-refractivity contribution in [1.82, 2.24) is 3.21 Å². The van der Waals surface area contributed by atoms with Crippen molar-refractivity contribution in [3.05, 3.63) is 28.3 Å². The summed E-state index contributed by atoms with van der Waals surface area (Å²) in [6, 6.07) is 8.29. The molecule has 0 unspecified atom stereocenters. The average molecular weight is 231 g/mol. The molecule has 1 heterocycles. The molecule has 0 atom stereocenters. The van der Waals surface area contributed by atoms with Crippen molar-refractivity contribution >= 4 is 31.6 Å². The molecule has 0 N–H and O–H groups in total. The predicted octanol–water partition coefficient (Wildman–Crippen LogP) is 1.29. The molecule has 0 amide bonds. The normalized spacial score (nSPS) is 10.2. The van der Waals surface area contributed by atoms with Gasteiger partial charge in [-0.1, -0.05) is 0 Å². The summed E-state index contributed by atoms with van der Waals surface area (Å²) in [4.78, 5) is 0. The number of hydrogen-bond acceptors (Lipinski definition) is 1. The Balaban J connectivity index is 2.95. The summed E-state index contributed by atoms with van der Waals surface area (Å²) < 4.78 is 6.64. The first-order valence-electron chi connectivity index (χ1n) is 2.76. The number of fused-ring (bicyclic) bond motifs is 1. The van der Waals surface area contributed by atoms with Crippen molar-refractivity contribution in [3.63, 3.8) is 0 Å². The van der Waals surface area contributed by atoms with Crippen LogP contribution >= 0.6 is 0 Å². The second-order valence-corrected chi connectivity index (χ2v) is 3.67. The van der Waals surface area contributed by atoms with Crippen LogP contribution in [0.2, 0.25) is 0 Å². The SMILES string of the molecule is c1ccc2n[te]cc2c1. The summed E-state index contributed by atoms with van der Waals surface area (Å²) in [6.45, 7) is 0. The summed E-state index contributed by atoms with van der Waals surface area (Å²) >= 11 is -0.142. The fourth-order valence-electron chi connectivity index (χ4n) is 0.810. The Morgan fingerprint density at radius 2 is 2.11 bits per heavy atom. The van der Waals surface area contributed by atoms with Crippen LogP contribution < -0.4 is 0 Å². The van der Waals surface area contributed by atoms with E-state index >= 15 is 0 Å². The van der Waals surface area contributed by atoms with E-state index < -0.39 is 0 Å². The molecular weight excluding hydrogens is 226 g/mol. The number of rotatable bonds is 0. The quantitative estimate of drug-likeness (QED) is 0.622. The average Bonchev–Trinajstić information content (AvgIpc) is 2.33. The van der Waals surface area contributed by atoms with Gasteiger partial charge in [-0.25, -0.2) is 0 Å². The molecule has 44 valence electrons. The summed E-state index contributed by atoms with van der Waals surface area (Å²) in [7, 11) is 0. The van der Waals surface area contributed by atoms with Crippen LogP contribution in [-0.2, 0) is 0 Å². The van der Waals surface area contributed by atoms with Gasteiger partial charge in [-0.3, -0.25) is 0 Å². The molecule has 0 aliphatic heterocycles. The zero-order chi connectivity index (χ0) is 6.10. The molecule has 2 heteroatoms. The molecule has 2 rings (SSSR count). The minimum absolute atomic E-state index is 0.142. The van der Waals surface area contributed by atoms with E-state index in [1.165, 1.54) is 10.9 Å². The molecule has 1 nitrogen and oxygen atoms in total. The van der Waals surface area contributed by atoms with Gasteiger partial charge < -0.3 is 0 Å². The molecule has 0 fully saturated rings. The van der Waals surface area contributed by atoms with E-state index in [4.69, 9.17) is 0 Å². The van der Waals surface area contributed by atoms with Gasteiger partial charge in [-0.05, 0) is 0 Å². The van der Waals surface area contributed by atoms with E-state index in [1.54, 1.807) is 0 Å². The van der Waals surface area contributed by atoms with Gasteiger partial charge in [0.05, 0.1) is 0 Å². The molecule has 0 bridgehead atoms. The Labute approximate surface area is 63.3 Å². The van der Waals surface area contributed by atoms with Gasteiger partial charge in [-0.2, -0.15) is 0 Å². The van der Waals surface area contributed by atoms with E-state index in [0.717, 1.165) is 0 Å². The Kier molecular flexibility index (Phi) is 1.29. The summed E-state index contributed by atoms with van der Waals surface area (Å²) in [6.07, 6.45) is 0. The van der Waals surface area contributed by atoms with Crippen LogP contribution in [0.1, 0.15) is 0 Å². The molecule has 2 aromatic rings. The van der Waals surface area contributed by atoms with E-state index in [9.17, 15) is 0 Å². The van der Waals surface area contributed by atoms with Gasteiger partial charge in [0.1, 0.15) is 0 Å². The molecule has 9 heavy (non-hydrogen) atoms.